The highest BCUT2D eigenvalue weighted by Gasteiger charge is 2.31. The average Bonchev–Trinajstić information content (AvgIpc) is 2.74. The molecule has 0 unspecified atom stereocenters. The first kappa shape index (κ1) is 21.5. The minimum Gasteiger partial charge on any atom is -0.339 e. The highest BCUT2D eigenvalue weighted by Crippen LogP contribution is 2.14. The molecule has 0 bridgehead atoms. The lowest BCUT2D eigenvalue weighted by Crippen LogP contribution is -2.55. The number of rotatable bonds is 7. The number of hydrogen-bond acceptors (Lipinski definition) is 4. The standard InChI is InChI=1S/C22H29N3O3S/c1-3-24-13-15-25(16-14-24)22(26)21(17-19-7-5-4-6-8-19)23-29(27,28)20-11-9-18(2)10-12-20/h4-12,21,23H,3,13-17H2,1-2H3/t21-/m0/s1. The number of likely N-dealkylation sites (N-methyl/N-ethyl adjacent to an activating group) is 1. The fraction of sp³-hybridized carbons (Fsp3) is 0.409. The predicted molar refractivity (Wildman–Crippen MR) is 114 cm³/mol. The minimum absolute atomic E-state index is 0.166. The van der Waals surface area contributed by atoms with E-state index in [1.54, 1.807) is 29.2 Å². The molecular formula is C22H29N3O3S. The van der Waals surface area contributed by atoms with E-state index in [9.17, 15) is 13.2 Å². The molecule has 1 saturated heterocycles. The van der Waals surface area contributed by atoms with Crippen LogP contribution in [0.5, 0.6) is 0 Å². The Labute approximate surface area is 173 Å². The third-order valence-electron chi connectivity index (χ3n) is 5.34. The zero-order valence-electron chi connectivity index (χ0n) is 17.0. The summed E-state index contributed by atoms with van der Waals surface area (Å²) in [6.45, 7) is 7.81. The van der Waals surface area contributed by atoms with Crippen LogP contribution in [0.25, 0.3) is 0 Å². The molecule has 1 heterocycles. The molecule has 3 rings (SSSR count). The van der Waals surface area contributed by atoms with Gasteiger partial charge in [0.2, 0.25) is 15.9 Å². The van der Waals surface area contributed by atoms with E-state index in [2.05, 4.69) is 16.5 Å². The lowest BCUT2D eigenvalue weighted by atomic mass is 10.1. The van der Waals surface area contributed by atoms with E-state index >= 15 is 0 Å². The normalized spacial score (nSPS) is 16.6. The van der Waals surface area contributed by atoms with E-state index in [1.807, 2.05) is 37.3 Å². The zero-order valence-corrected chi connectivity index (χ0v) is 17.9. The first-order valence-corrected chi connectivity index (χ1v) is 11.5. The van der Waals surface area contributed by atoms with Crippen LogP contribution in [0.3, 0.4) is 0 Å². The Bertz CT molecular complexity index is 906. The maximum absolute atomic E-state index is 13.2. The predicted octanol–water partition coefficient (Wildman–Crippen LogP) is 2.05. The van der Waals surface area contributed by atoms with Crippen molar-refractivity contribution >= 4 is 15.9 Å². The zero-order chi connectivity index (χ0) is 20.9. The third-order valence-corrected chi connectivity index (χ3v) is 6.83. The lowest BCUT2D eigenvalue weighted by molar-refractivity contribution is -0.134. The van der Waals surface area contributed by atoms with Crippen molar-refractivity contribution in [3.05, 3.63) is 65.7 Å². The van der Waals surface area contributed by atoms with Gasteiger partial charge < -0.3 is 9.80 Å². The maximum atomic E-state index is 13.2. The van der Waals surface area contributed by atoms with Gasteiger partial charge in [0.25, 0.3) is 0 Å². The molecule has 2 aromatic rings. The van der Waals surface area contributed by atoms with Crippen LogP contribution in [0.2, 0.25) is 0 Å². The summed E-state index contributed by atoms with van der Waals surface area (Å²) in [4.78, 5) is 17.5. The smallest absolute Gasteiger partial charge is 0.241 e. The van der Waals surface area contributed by atoms with Crippen molar-refractivity contribution in [2.24, 2.45) is 0 Å². The molecule has 1 fully saturated rings. The number of amides is 1. The number of aryl methyl sites for hydroxylation is 1. The number of nitrogens with one attached hydrogen (secondary N) is 1. The van der Waals surface area contributed by atoms with Crippen molar-refractivity contribution in [1.82, 2.24) is 14.5 Å². The number of piperazine rings is 1. The van der Waals surface area contributed by atoms with Gasteiger partial charge in [-0.1, -0.05) is 55.0 Å². The van der Waals surface area contributed by atoms with Gasteiger partial charge in [-0.25, -0.2) is 8.42 Å². The molecule has 1 aliphatic heterocycles. The van der Waals surface area contributed by atoms with Gasteiger partial charge in [0.1, 0.15) is 6.04 Å². The number of sulfonamides is 1. The molecule has 29 heavy (non-hydrogen) atoms. The first-order valence-electron chi connectivity index (χ1n) is 10.0. The maximum Gasteiger partial charge on any atom is 0.241 e. The fourth-order valence-corrected chi connectivity index (χ4v) is 4.70. The second-order valence-corrected chi connectivity index (χ2v) is 9.15. The molecule has 6 nitrogen and oxygen atoms in total. The molecule has 0 spiro atoms. The van der Waals surface area contributed by atoms with Crippen LogP contribution >= 0.6 is 0 Å². The van der Waals surface area contributed by atoms with Crippen LogP contribution in [0.1, 0.15) is 18.1 Å². The van der Waals surface area contributed by atoms with Gasteiger partial charge >= 0.3 is 0 Å². The quantitative estimate of drug-likeness (QED) is 0.751. The van der Waals surface area contributed by atoms with Crippen molar-refractivity contribution in [1.29, 1.82) is 0 Å². The van der Waals surface area contributed by atoms with Crippen LogP contribution in [0.4, 0.5) is 0 Å². The van der Waals surface area contributed by atoms with Gasteiger partial charge in [-0.05, 0) is 37.6 Å². The molecule has 2 aromatic carbocycles. The Morgan fingerprint density at radius 3 is 2.21 bits per heavy atom. The summed E-state index contributed by atoms with van der Waals surface area (Å²) in [6, 6.07) is 15.3. The number of carbonyl (C=O) groups excluding carboxylic acids is 1. The van der Waals surface area contributed by atoms with Gasteiger partial charge in [-0.2, -0.15) is 4.72 Å². The second-order valence-electron chi connectivity index (χ2n) is 7.44. The molecule has 1 atom stereocenters. The largest absolute Gasteiger partial charge is 0.339 e. The van der Waals surface area contributed by atoms with Crippen LogP contribution in [-0.2, 0) is 21.2 Å². The Balaban J connectivity index is 1.81. The SMILES string of the molecule is CCN1CCN(C(=O)[C@H](Cc2ccccc2)NS(=O)(=O)c2ccc(C)cc2)CC1. The highest BCUT2D eigenvalue weighted by molar-refractivity contribution is 7.89. The summed E-state index contributed by atoms with van der Waals surface area (Å²) in [5.41, 5.74) is 1.90. The van der Waals surface area contributed by atoms with E-state index in [0.29, 0.717) is 19.5 Å². The summed E-state index contributed by atoms with van der Waals surface area (Å²) in [5, 5.41) is 0. The summed E-state index contributed by atoms with van der Waals surface area (Å²) in [7, 11) is -3.80. The van der Waals surface area contributed by atoms with Gasteiger partial charge in [0.15, 0.2) is 0 Å². The summed E-state index contributed by atoms with van der Waals surface area (Å²) >= 11 is 0. The lowest BCUT2D eigenvalue weighted by Gasteiger charge is -2.36. The van der Waals surface area contributed by atoms with Crippen molar-refractivity contribution in [3.8, 4) is 0 Å². The van der Waals surface area contributed by atoms with Crippen LogP contribution < -0.4 is 4.72 Å². The van der Waals surface area contributed by atoms with Crippen LogP contribution in [0, 0.1) is 6.92 Å². The van der Waals surface area contributed by atoms with E-state index in [4.69, 9.17) is 0 Å². The number of hydrogen-bond donors (Lipinski definition) is 1. The molecule has 0 saturated carbocycles. The van der Waals surface area contributed by atoms with Gasteiger partial charge in [0, 0.05) is 26.2 Å². The molecule has 0 radical (unpaired) electrons. The summed E-state index contributed by atoms with van der Waals surface area (Å²) in [6.07, 6.45) is 0.318. The van der Waals surface area contributed by atoms with E-state index < -0.39 is 16.1 Å². The van der Waals surface area contributed by atoms with E-state index in [1.165, 1.54) is 0 Å². The Morgan fingerprint density at radius 1 is 1.00 bits per heavy atom. The Hall–Kier alpha value is -2.22. The number of nitrogens with zero attached hydrogens (tertiary/aromatic N) is 2. The minimum atomic E-state index is -3.80. The van der Waals surface area contributed by atoms with Gasteiger partial charge in [0.05, 0.1) is 4.90 Å². The fourth-order valence-electron chi connectivity index (χ4n) is 3.51. The molecule has 0 aliphatic carbocycles. The van der Waals surface area contributed by atoms with Crippen LogP contribution in [-0.4, -0.2) is 62.9 Å². The topological polar surface area (TPSA) is 69.7 Å². The van der Waals surface area contributed by atoms with Gasteiger partial charge in [-0.15, -0.1) is 0 Å². The van der Waals surface area contributed by atoms with Crippen LogP contribution in [0.15, 0.2) is 59.5 Å². The van der Waals surface area contributed by atoms with Crippen molar-refractivity contribution in [2.75, 3.05) is 32.7 Å². The molecule has 1 N–H and O–H groups in total. The van der Waals surface area contributed by atoms with E-state index in [-0.39, 0.29) is 10.8 Å². The molecular weight excluding hydrogens is 386 g/mol. The molecule has 1 aliphatic rings. The second kappa shape index (κ2) is 9.52. The Kier molecular flexibility index (Phi) is 7.05. The molecule has 156 valence electrons. The summed E-state index contributed by atoms with van der Waals surface area (Å²) < 4.78 is 28.5. The van der Waals surface area contributed by atoms with Crippen molar-refractivity contribution in [2.45, 2.75) is 31.2 Å². The first-order chi connectivity index (χ1) is 13.9. The number of benzene rings is 2. The molecule has 7 heteroatoms. The highest BCUT2D eigenvalue weighted by atomic mass is 32.2. The van der Waals surface area contributed by atoms with E-state index in [0.717, 1.165) is 30.8 Å². The van der Waals surface area contributed by atoms with Crippen molar-refractivity contribution < 1.29 is 13.2 Å². The molecule has 0 aromatic heterocycles. The number of carbonyl (C=O) groups is 1. The Morgan fingerprint density at radius 2 is 1.62 bits per heavy atom. The van der Waals surface area contributed by atoms with Gasteiger partial charge in [-0.3, -0.25) is 4.79 Å². The molecule has 1 amide bonds. The third kappa shape index (κ3) is 5.65. The summed E-state index contributed by atoms with van der Waals surface area (Å²) in [5.74, 6) is -0.166. The average molecular weight is 416 g/mol. The monoisotopic (exact) mass is 415 g/mol. The van der Waals surface area contributed by atoms with Crippen molar-refractivity contribution in [3.63, 3.8) is 0 Å².